The number of carbonyl (C=O) groups is 1. The van der Waals surface area contributed by atoms with Crippen LogP contribution in [0.3, 0.4) is 0 Å². The molecule has 2 aromatic carbocycles. The number of nitrogens with one attached hydrogen (secondary N) is 2. The summed E-state index contributed by atoms with van der Waals surface area (Å²) in [6, 6.07) is 15.3. The Morgan fingerprint density at radius 3 is 2.68 bits per heavy atom. The van der Waals surface area contributed by atoms with Gasteiger partial charge < -0.3 is 10.3 Å². The second kappa shape index (κ2) is 7.52. The fourth-order valence-electron chi connectivity index (χ4n) is 3.13. The van der Waals surface area contributed by atoms with Crippen molar-refractivity contribution in [3.63, 3.8) is 0 Å². The van der Waals surface area contributed by atoms with E-state index in [1.165, 1.54) is 11.8 Å². The molecule has 0 aliphatic rings. The number of amides is 1. The fourth-order valence-corrected chi connectivity index (χ4v) is 3.99. The van der Waals surface area contributed by atoms with Crippen LogP contribution in [0.1, 0.15) is 12.5 Å². The van der Waals surface area contributed by atoms with E-state index in [2.05, 4.69) is 10.3 Å². The molecule has 28 heavy (non-hydrogen) atoms. The van der Waals surface area contributed by atoms with E-state index in [4.69, 9.17) is 4.98 Å². The van der Waals surface area contributed by atoms with E-state index in [-0.39, 0.29) is 17.2 Å². The minimum absolute atomic E-state index is 0.120. The molecule has 0 bridgehead atoms. The molecule has 4 aromatic rings. The Bertz CT molecular complexity index is 1230. The third kappa shape index (κ3) is 3.41. The van der Waals surface area contributed by atoms with Crippen LogP contribution in [0, 0.1) is 6.92 Å². The molecule has 4 rings (SSSR count). The second-order valence-electron chi connectivity index (χ2n) is 6.54. The number of H-pyrrole nitrogens is 1. The molecule has 0 saturated heterocycles. The van der Waals surface area contributed by atoms with Gasteiger partial charge in [-0.3, -0.25) is 14.2 Å². The monoisotopic (exact) mass is 392 g/mol. The lowest BCUT2D eigenvalue weighted by Gasteiger charge is -2.10. The Labute approximate surface area is 166 Å². The van der Waals surface area contributed by atoms with Crippen LogP contribution < -0.4 is 10.9 Å². The lowest BCUT2D eigenvalue weighted by molar-refractivity contribution is -0.113. The van der Waals surface area contributed by atoms with Gasteiger partial charge in [0.15, 0.2) is 5.16 Å². The normalized spacial score (nSPS) is 11.2. The number of para-hydroxylation sites is 1. The molecule has 0 atom stereocenters. The molecule has 2 heterocycles. The molecule has 0 saturated carbocycles. The minimum atomic E-state index is -0.134. The van der Waals surface area contributed by atoms with Gasteiger partial charge in [0.2, 0.25) is 5.91 Å². The zero-order valence-corrected chi connectivity index (χ0v) is 16.5. The Balaban J connectivity index is 1.62. The van der Waals surface area contributed by atoms with Crippen molar-refractivity contribution in [2.75, 3.05) is 11.1 Å². The highest BCUT2D eigenvalue weighted by Gasteiger charge is 2.16. The number of thioether (sulfide) groups is 1. The van der Waals surface area contributed by atoms with E-state index in [9.17, 15) is 9.59 Å². The van der Waals surface area contributed by atoms with Crippen molar-refractivity contribution < 1.29 is 4.79 Å². The van der Waals surface area contributed by atoms with Crippen LogP contribution in [-0.2, 0) is 11.3 Å². The zero-order chi connectivity index (χ0) is 19.7. The van der Waals surface area contributed by atoms with Crippen molar-refractivity contribution >= 4 is 45.3 Å². The Hall–Kier alpha value is -3.06. The predicted octanol–water partition coefficient (Wildman–Crippen LogP) is 3.94. The number of benzene rings is 2. The number of hydrogen-bond donors (Lipinski definition) is 2. The second-order valence-corrected chi connectivity index (χ2v) is 7.48. The summed E-state index contributed by atoms with van der Waals surface area (Å²) in [4.78, 5) is 33.1. The van der Waals surface area contributed by atoms with Gasteiger partial charge in [-0.05, 0) is 32.0 Å². The molecule has 0 fully saturated rings. The van der Waals surface area contributed by atoms with E-state index in [0.29, 0.717) is 22.7 Å². The number of aryl methyl sites for hydroxylation is 1. The predicted molar refractivity (Wildman–Crippen MR) is 114 cm³/mol. The first kappa shape index (κ1) is 18.3. The van der Waals surface area contributed by atoms with E-state index in [1.54, 1.807) is 4.57 Å². The Morgan fingerprint density at radius 2 is 1.93 bits per heavy atom. The largest absolute Gasteiger partial charge is 0.349 e. The SMILES string of the molecule is CCn1c(SCC(=O)Nc2ccc(C)cc2)nc2c([nH]c3ccccc32)c1=O. The summed E-state index contributed by atoms with van der Waals surface area (Å²) in [5.41, 5.74) is 3.79. The smallest absolute Gasteiger partial charge is 0.278 e. The molecule has 142 valence electrons. The van der Waals surface area contributed by atoms with Gasteiger partial charge in [-0.15, -0.1) is 0 Å². The Morgan fingerprint density at radius 1 is 1.18 bits per heavy atom. The molecule has 0 unspecified atom stereocenters. The molecule has 0 aliphatic carbocycles. The van der Waals surface area contributed by atoms with Crippen LogP contribution in [0.25, 0.3) is 21.9 Å². The van der Waals surface area contributed by atoms with Gasteiger partial charge in [0, 0.05) is 23.1 Å². The van der Waals surface area contributed by atoms with Gasteiger partial charge in [-0.1, -0.05) is 47.7 Å². The van der Waals surface area contributed by atoms with Gasteiger partial charge in [0.25, 0.3) is 5.56 Å². The lowest BCUT2D eigenvalue weighted by Crippen LogP contribution is -2.23. The van der Waals surface area contributed by atoms with Crippen LogP contribution in [0.4, 0.5) is 5.69 Å². The van der Waals surface area contributed by atoms with Crippen molar-refractivity contribution in [3.05, 3.63) is 64.4 Å². The van der Waals surface area contributed by atoms with Crippen molar-refractivity contribution in [1.82, 2.24) is 14.5 Å². The molecular formula is C21H20N4O2S. The number of rotatable bonds is 5. The summed E-state index contributed by atoms with van der Waals surface area (Å²) < 4.78 is 1.60. The summed E-state index contributed by atoms with van der Waals surface area (Å²) in [5.74, 6) is 0.0403. The first-order chi connectivity index (χ1) is 13.6. The maximum absolute atomic E-state index is 12.9. The summed E-state index contributed by atoms with van der Waals surface area (Å²) >= 11 is 1.27. The molecule has 6 nitrogen and oxygen atoms in total. The minimum Gasteiger partial charge on any atom is -0.349 e. The number of anilines is 1. The topological polar surface area (TPSA) is 79.8 Å². The molecule has 0 aliphatic heterocycles. The number of nitrogens with zero attached hydrogens (tertiary/aromatic N) is 2. The fraction of sp³-hybridized carbons (Fsp3) is 0.190. The molecular weight excluding hydrogens is 372 g/mol. The standard InChI is InChI=1S/C21H20N4O2S/c1-3-25-20(27)19-18(15-6-4-5-7-16(15)23-19)24-21(25)28-12-17(26)22-14-10-8-13(2)9-11-14/h4-11,23H,3,12H2,1-2H3,(H,22,26). The average Bonchev–Trinajstić information content (AvgIpc) is 3.07. The molecule has 2 N–H and O–H groups in total. The average molecular weight is 392 g/mol. The van der Waals surface area contributed by atoms with E-state index >= 15 is 0 Å². The van der Waals surface area contributed by atoms with Gasteiger partial charge in [-0.25, -0.2) is 4.98 Å². The lowest BCUT2D eigenvalue weighted by atomic mass is 10.2. The quantitative estimate of drug-likeness (QED) is 0.398. The molecule has 2 aromatic heterocycles. The van der Waals surface area contributed by atoms with E-state index < -0.39 is 0 Å². The van der Waals surface area contributed by atoms with Crippen LogP contribution in [0.15, 0.2) is 58.5 Å². The molecule has 1 amide bonds. The Kier molecular flexibility index (Phi) is 4.92. The maximum Gasteiger partial charge on any atom is 0.278 e. The third-order valence-electron chi connectivity index (χ3n) is 4.56. The summed E-state index contributed by atoms with van der Waals surface area (Å²) in [6.07, 6.45) is 0. The highest BCUT2D eigenvalue weighted by molar-refractivity contribution is 7.99. The van der Waals surface area contributed by atoms with Crippen LogP contribution in [0.5, 0.6) is 0 Å². The number of hydrogen-bond acceptors (Lipinski definition) is 4. The van der Waals surface area contributed by atoms with Gasteiger partial charge in [0.1, 0.15) is 11.0 Å². The number of fused-ring (bicyclic) bond motifs is 3. The molecule has 0 radical (unpaired) electrons. The van der Waals surface area contributed by atoms with E-state index in [1.807, 2.05) is 62.4 Å². The first-order valence-corrected chi connectivity index (χ1v) is 10.1. The van der Waals surface area contributed by atoms with Crippen LogP contribution in [0.2, 0.25) is 0 Å². The van der Waals surface area contributed by atoms with Crippen molar-refractivity contribution in [2.45, 2.75) is 25.5 Å². The van der Waals surface area contributed by atoms with Crippen molar-refractivity contribution in [1.29, 1.82) is 0 Å². The van der Waals surface area contributed by atoms with Crippen LogP contribution >= 0.6 is 11.8 Å². The van der Waals surface area contributed by atoms with E-state index in [0.717, 1.165) is 22.2 Å². The summed E-state index contributed by atoms with van der Waals surface area (Å²) in [7, 11) is 0. The van der Waals surface area contributed by atoms with Crippen LogP contribution in [-0.4, -0.2) is 26.2 Å². The zero-order valence-electron chi connectivity index (χ0n) is 15.7. The number of aromatic amines is 1. The molecule has 0 spiro atoms. The maximum atomic E-state index is 12.9. The van der Waals surface area contributed by atoms with Gasteiger partial charge in [0.05, 0.1) is 5.75 Å². The summed E-state index contributed by atoms with van der Waals surface area (Å²) in [6.45, 7) is 4.38. The van der Waals surface area contributed by atoms with Gasteiger partial charge in [-0.2, -0.15) is 0 Å². The molecule has 7 heteroatoms. The van der Waals surface area contributed by atoms with Gasteiger partial charge >= 0.3 is 0 Å². The third-order valence-corrected chi connectivity index (χ3v) is 5.54. The van der Waals surface area contributed by atoms with Crippen molar-refractivity contribution in [3.8, 4) is 0 Å². The highest BCUT2D eigenvalue weighted by Crippen LogP contribution is 2.24. The number of aromatic nitrogens is 3. The van der Waals surface area contributed by atoms with Crippen molar-refractivity contribution in [2.24, 2.45) is 0 Å². The summed E-state index contributed by atoms with van der Waals surface area (Å²) in [5, 5.41) is 4.32. The first-order valence-electron chi connectivity index (χ1n) is 9.07. The number of carbonyl (C=O) groups excluding carboxylic acids is 1. The highest BCUT2D eigenvalue weighted by atomic mass is 32.2.